The topological polar surface area (TPSA) is 9.23 Å². The first-order valence-corrected chi connectivity index (χ1v) is 5.32. The van der Waals surface area contributed by atoms with Crippen molar-refractivity contribution in [3.05, 3.63) is 0 Å². The lowest BCUT2D eigenvalue weighted by Gasteiger charge is -2.16. The maximum absolute atomic E-state index is 5.50. The highest BCUT2D eigenvalue weighted by atomic mass is 16.5. The Labute approximate surface area is 78.5 Å². The predicted octanol–water partition coefficient (Wildman–Crippen LogP) is 3.87. The van der Waals surface area contributed by atoms with Gasteiger partial charge < -0.3 is 4.74 Å². The Balaban J connectivity index is 0. The minimum Gasteiger partial charge on any atom is -0.379 e. The van der Waals surface area contributed by atoms with Crippen molar-refractivity contribution in [2.75, 3.05) is 6.61 Å². The molecule has 0 bridgehead atoms. The van der Waals surface area contributed by atoms with Crippen LogP contribution in [-0.2, 0) is 4.74 Å². The first-order chi connectivity index (χ1) is 5.70. The SMILES string of the molecule is CC.CCOC(CC)CC(C)C. The van der Waals surface area contributed by atoms with Crippen molar-refractivity contribution in [3.63, 3.8) is 0 Å². The summed E-state index contributed by atoms with van der Waals surface area (Å²) in [5.41, 5.74) is 0. The summed E-state index contributed by atoms with van der Waals surface area (Å²) in [7, 11) is 0. The quantitative estimate of drug-likeness (QED) is 0.614. The van der Waals surface area contributed by atoms with Crippen LogP contribution in [0.5, 0.6) is 0 Å². The molecule has 0 saturated carbocycles. The van der Waals surface area contributed by atoms with Gasteiger partial charge in [0.15, 0.2) is 0 Å². The molecule has 12 heavy (non-hydrogen) atoms. The monoisotopic (exact) mass is 174 g/mol. The Kier molecular flexibility index (Phi) is 13.2. The summed E-state index contributed by atoms with van der Waals surface area (Å²) in [6.45, 7) is 13.6. The molecule has 0 aliphatic rings. The third-order valence-electron chi connectivity index (χ3n) is 1.59. The Hall–Kier alpha value is -0.0400. The van der Waals surface area contributed by atoms with Crippen molar-refractivity contribution in [1.82, 2.24) is 0 Å². The first kappa shape index (κ1) is 14.5. The highest BCUT2D eigenvalue weighted by Crippen LogP contribution is 2.10. The minimum absolute atomic E-state index is 0.491. The van der Waals surface area contributed by atoms with E-state index in [4.69, 9.17) is 4.74 Å². The molecule has 0 spiro atoms. The third kappa shape index (κ3) is 9.96. The third-order valence-corrected chi connectivity index (χ3v) is 1.59. The molecule has 0 aromatic heterocycles. The van der Waals surface area contributed by atoms with Crippen LogP contribution in [0, 0.1) is 5.92 Å². The summed E-state index contributed by atoms with van der Waals surface area (Å²) in [6, 6.07) is 0. The highest BCUT2D eigenvalue weighted by Gasteiger charge is 2.06. The molecule has 0 heterocycles. The molecule has 0 rings (SSSR count). The van der Waals surface area contributed by atoms with Gasteiger partial charge in [-0.2, -0.15) is 0 Å². The van der Waals surface area contributed by atoms with Crippen molar-refractivity contribution in [2.45, 2.75) is 60.5 Å². The Morgan fingerprint density at radius 1 is 1.08 bits per heavy atom. The van der Waals surface area contributed by atoms with E-state index in [-0.39, 0.29) is 0 Å². The van der Waals surface area contributed by atoms with Gasteiger partial charge in [-0.05, 0) is 25.7 Å². The van der Waals surface area contributed by atoms with E-state index in [0.717, 1.165) is 18.9 Å². The van der Waals surface area contributed by atoms with Crippen molar-refractivity contribution in [2.24, 2.45) is 5.92 Å². The zero-order chi connectivity index (χ0) is 9.98. The highest BCUT2D eigenvalue weighted by molar-refractivity contribution is 4.57. The summed E-state index contributed by atoms with van der Waals surface area (Å²) in [4.78, 5) is 0. The zero-order valence-electron chi connectivity index (χ0n) is 9.68. The van der Waals surface area contributed by atoms with E-state index in [1.165, 1.54) is 6.42 Å². The van der Waals surface area contributed by atoms with Gasteiger partial charge in [0.05, 0.1) is 6.10 Å². The molecule has 1 nitrogen and oxygen atoms in total. The zero-order valence-corrected chi connectivity index (χ0v) is 9.68. The van der Waals surface area contributed by atoms with Crippen LogP contribution >= 0.6 is 0 Å². The molecule has 1 unspecified atom stereocenters. The second kappa shape index (κ2) is 11.0. The molecular formula is C11H26O. The molecule has 0 aromatic rings. The predicted molar refractivity (Wildman–Crippen MR) is 56.5 cm³/mol. The molecular weight excluding hydrogens is 148 g/mol. The minimum atomic E-state index is 0.491. The van der Waals surface area contributed by atoms with Crippen LogP contribution in [0.15, 0.2) is 0 Å². The average Bonchev–Trinajstić information content (AvgIpc) is 2.07. The van der Waals surface area contributed by atoms with Gasteiger partial charge in [-0.25, -0.2) is 0 Å². The van der Waals surface area contributed by atoms with E-state index in [1.807, 2.05) is 13.8 Å². The van der Waals surface area contributed by atoms with E-state index < -0.39 is 0 Å². The summed E-state index contributed by atoms with van der Waals surface area (Å²) >= 11 is 0. The number of rotatable bonds is 5. The molecule has 0 aliphatic heterocycles. The second-order valence-corrected chi connectivity index (χ2v) is 3.12. The van der Waals surface area contributed by atoms with E-state index >= 15 is 0 Å². The van der Waals surface area contributed by atoms with Crippen molar-refractivity contribution in [3.8, 4) is 0 Å². The first-order valence-electron chi connectivity index (χ1n) is 5.32. The maximum atomic E-state index is 5.50. The summed E-state index contributed by atoms with van der Waals surface area (Å²) in [5, 5.41) is 0. The normalized spacial score (nSPS) is 12.2. The lowest BCUT2D eigenvalue weighted by molar-refractivity contribution is 0.0456. The fraction of sp³-hybridized carbons (Fsp3) is 1.00. The maximum Gasteiger partial charge on any atom is 0.0574 e. The molecule has 1 heteroatoms. The van der Waals surface area contributed by atoms with Crippen LogP contribution in [0.1, 0.15) is 54.4 Å². The van der Waals surface area contributed by atoms with Crippen molar-refractivity contribution >= 4 is 0 Å². The van der Waals surface area contributed by atoms with Gasteiger partial charge in [0.25, 0.3) is 0 Å². The molecule has 1 atom stereocenters. The van der Waals surface area contributed by atoms with Crippen LogP contribution in [-0.4, -0.2) is 12.7 Å². The molecule has 0 radical (unpaired) electrons. The van der Waals surface area contributed by atoms with Crippen LogP contribution in [0.3, 0.4) is 0 Å². The summed E-state index contributed by atoms with van der Waals surface area (Å²) in [6.07, 6.45) is 2.83. The second-order valence-electron chi connectivity index (χ2n) is 3.12. The summed E-state index contributed by atoms with van der Waals surface area (Å²) < 4.78 is 5.50. The fourth-order valence-corrected chi connectivity index (χ4v) is 1.11. The average molecular weight is 174 g/mol. The van der Waals surface area contributed by atoms with Crippen LogP contribution in [0.4, 0.5) is 0 Å². The van der Waals surface area contributed by atoms with Gasteiger partial charge >= 0.3 is 0 Å². The van der Waals surface area contributed by atoms with Gasteiger partial charge in [0.2, 0.25) is 0 Å². The lowest BCUT2D eigenvalue weighted by Crippen LogP contribution is -2.14. The number of hydrogen-bond donors (Lipinski definition) is 0. The van der Waals surface area contributed by atoms with Crippen LogP contribution in [0.25, 0.3) is 0 Å². The Bertz CT molecular complexity index is 69.4. The molecule has 0 saturated heterocycles. The van der Waals surface area contributed by atoms with E-state index in [9.17, 15) is 0 Å². The lowest BCUT2D eigenvalue weighted by atomic mass is 10.0. The van der Waals surface area contributed by atoms with Crippen molar-refractivity contribution in [1.29, 1.82) is 0 Å². The molecule has 76 valence electrons. The molecule has 0 aromatic carbocycles. The van der Waals surface area contributed by atoms with E-state index in [2.05, 4.69) is 27.7 Å². The standard InChI is InChI=1S/C9H20O.C2H6/c1-5-9(10-6-2)7-8(3)4;1-2/h8-9H,5-7H2,1-4H3;1-2H3. The molecule has 0 fully saturated rings. The Morgan fingerprint density at radius 2 is 1.58 bits per heavy atom. The van der Waals surface area contributed by atoms with Crippen LogP contribution < -0.4 is 0 Å². The van der Waals surface area contributed by atoms with Gasteiger partial charge in [-0.1, -0.05) is 34.6 Å². The van der Waals surface area contributed by atoms with Gasteiger partial charge in [-0.15, -0.1) is 0 Å². The molecule has 0 aliphatic carbocycles. The fourth-order valence-electron chi connectivity index (χ4n) is 1.11. The smallest absolute Gasteiger partial charge is 0.0574 e. The largest absolute Gasteiger partial charge is 0.379 e. The number of ether oxygens (including phenoxy) is 1. The molecule has 0 N–H and O–H groups in total. The number of hydrogen-bond acceptors (Lipinski definition) is 1. The van der Waals surface area contributed by atoms with Crippen molar-refractivity contribution < 1.29 is 4.74 Å². The van der Waals surface area contributed by atoms with Crippen LogP contribution in [0.2, 0.25) is 0 Å². The van der Waals surface area contributed by atoms with Gasteiger partial charge in [0.1, 0.15) is 0 Å². The summed E-state index contributed by atoms with van der Waals surface area (Å²) in [5.74, 6) is 0.761. The van der Waals surface area contributed by atoms with E-state index in [0.29, 0.717) is 6.10 Å². The van der Waals surface area contributed by atoms with Gasteiger partial charge in [-0.3, -0.25) is 0 Å². The molecule has 0 amide bonds. The Morgan fingerprint density at radius 3 is 1.83 bits per heavy atom. The van der Waals surface area contributed by atoms with E-state index in [1.54, 1.807) is 0 Å². The van der Waals surface area contributed by atoms with Gasteiger partial charge in [0, 0.05) is 6.61 Å².